The van der Waals surface area contributed by atoms with Gasteiger partial charge in [-0.15, -0.1) is 0 Å². The van der Waals surface area contributed by atoms with Crippen molar-refractivity contribution in [2.45, 2.75) is 246 Å². The van der Waals surface area contributed by atoms with Gasteiger partial charge in [0.2, 0.25) is 0 Å². The van der Waals surface area contributed by atoms with Crippen molar-refractivity contribution in [1.82, 2.24) is 0 Å². The summed E-state index contributed by atoms with van der Waals surface area (Å²) in [5.41, 5.74) is 0. The first kappa shape index (κ1) is 57.8. The first-order valence-corrected chi connectivity index (χ1v) is 22.6. The minimum absolute atomic E-state index is 0.00910. The maximum absolute atomic E-state index is 12.6. The fraction of sp³-hybridized carbons (Fsp3) is 0.867. The Bertz CT molecular complexity index is 1370. The van der Waals surface area contributed by atoms with Crippen LogP contribution in [0.25, 0.3) is 0 Å². The van der Waals surface area contributed by atoms with Crippen LogP contribution < -0.4 is 0 Å². The minimum Gasteiger partial charge on any atom is -0.463 e. The van der Waals surface area contributed by atoms with E-state index in [0.29, 0.717) is 25.7 Å². The molecule has 15 unspecified atom stereocenters. The lowest BCUT2D eigenvalue weighted by molar-refractivity contribution is -0.245. The quantitative estimate of drug-likeness (QED) is 0.102. The van der Waals surface area contributed by atoms with Gasteiger partial charge in [-0.2, -0.15) is 0 Å². The number of cyclic esters (lactones) is 2. The van der Waals surface area contributed by atoms with E-state index in [2.05, 4.69) is 23.3 Å². The summed E-state index contributed by atoms with van der Waals surface area (Å²) >= 11 is 0. The smallest absolute Gasteiger partial charge is 0.347 e. The molecule has 63 heavy (non-hydrogen) atoms. The predicted molar refractivity (Wildman–Crippen MR) is 226 cm³/mol. The lowest BCUT2D eigenvalue weighted by atomic mass is 9.98. The Kier molecular flexibility index (Phi) is 27.5. The third-order valence-electron chi connectivity index (χ3n) is 10.1. The van der Waals surface area contributed by atoms with Crippen molar-refractivity contribution in [3.05, 3.63) is 0 Å². The number of aliphatic hydroxyl groups excluding tert-OH is 3. The minimum atomic E-state index is -1.15. The zero-order valence-electron chi connectivity index (χ0n) is 39.6. The third kappa shape index (κ3) is 25.1. The first-order valence-electron chi connectivity index (χ1n) is 22.6. The number of esters is 5. The van der Waals surface area contributed by atoms with E-state index in [1.807, 2.05) is 13.8 Å². The average Bonchev–Trinajstić information content (AvgIpc) is 3.13. The monoisotopic (exact) mass is 907 g/mol. The maximum atomic E-state index is 12.6. The van der Waals surface area contributed by atoms with Crippen molar-refractivity contribution in [2.75, 3.05) is 0 Å². The highest BCUT2D eigenvalue weighted by Gasteiger charge is 2.34. The van der Waals surface area contributed by atoms with E-state index >= 15 is 0 Å². The van der Waals surface area contributed by atoms with Gasteiger partial charge in [0.15, 0.2) is 30.6 Å². The molecule has 3 rings (SSSR count). The highest BCUT2D eigenvalue weighted by molar-refractivity contribution is 5.87. The number of hydrogen-bond acceptors (Lipinski definition) is 18. The van der Waals surface area contributed by atoms with Crippen molar-refractivity contribution in [1.29, 1.82) is 0 Å². The molecule has 0 aromatic carbocycles. The molecule has 3 saturated heterocycles. The standard InChI is InChI=1S/C24H42O9.C15H28O5.C6H8O4/c1-7-8-23-31-16(4)11-20(32-23)12-19(27)13-21(10-15(3)30-18(6)26)33-24(29)14(2)9-22(28)17(5)25;1-5-6-15-19-11(3)8-14(20-15)9-13(17)7-10(2)18-12(4)16;1-3-5(7)10-4(2)6(8)9-3/h14-17,19-21,23,25,27H,7-13H2,1-6H3;10-11,13-15,17H,5-9H2,1-4H3;3-4H,1-2H3. The molecule has 0 saturated carbocycles. The van der Waals surface area contributed by atoms with Crippen molar-refractivity contribution in [3.63, 3.8) is 0 Å². The molecule has 0 aromatic rings. The summed E-state index contributed by atoms with van der Waals surface area (Å²) in [7, 11) is 0. The molecular formula is C45H78O18. The van der Waals surface area contributed by atoms with Crippen LogP contribution in [0.3, 0.4) is 0 Å². The number of rotatable bonds is 21. The van der Waals surface area contributed by atoms with Gasteiger partial charge in [0, 0.05) is 39.5 Å². The summed E-state index contributed by atoms with van der Waals surface area (Å²) in [5.74, 6) is -3.52. The second-order valence-electron chi connectivity index (χ2n) is 17.1. The van der Waals surface area contributed by atoms with Gasteiger partial charge < -0.3 is 58.0 Å². The third-order valence-corrected chi connectivity index (χ3v) is 10.1. The summed E-state index contributed by atoms with van der Waals surface area (Å²) in [6, 6.07) is 0. The van der Waals surface area contributed by atoms with Gasteiger partial charge in [0.05, 0.1) is 42.5 Å². The van der Waals surface area contributed by atoms with Gasteiger partial charge in [0.25, 0.3) is 0 Å². The van der Waals surface area contributed by atoms with E-state index < -0.39 is 78.3 Å². The van der Waals surface area contributed by atoms with Gasteiger partial charge in [-0.3, -0.25) is 19.2 Å². The summed E-state index contributed by atoms with van der Waals surface area (Å²) in [5, 5.41) is 30.2. The van der Waals surface area contributed by atoms with Crippen LogP contribution in [-0.2, 0) is 71.4 Å². The Morgan fingerprint density at radius 1 is 0.635 bits per heavy atom. The lowest BCUT2D eigenvalue weighted by Gasteiger charge is -2.35. The van der Waals surface area contributed by atoms with Crippen molar-refractivity contribution < 1.29 is 86.7 Å². The lowest BCUT2D eigenvalue weighted by Crippen LogP contribution is -2.40. The van der Waals surface area contributed by atoms with Crippen molar-refractivity contribution in [3.8, 4) is 0 Å². The summed E-state index contributed by atoms with van der Waals surface area (Å²) in [4.78, 5) is 67.7. The number of aliphatic hydroxyl groups is 3. The zero-order chi connectivity index (χ0) is 48.0. The Labute approximate surface area is 373 Å². The molecule has 15 atom stereocenters. The highest BCUT2D eigenvalue weighted by atomic mass is 16.7. The summed E-state index contributed by atoms with van der Waals surface area (Å²) < 4.78 is 48.2. The van der Waals surface area contributed by atoms with Gasteiger partial charge in [-0.05, 0) is 87.0 Å². The summed E-state index contributed by atoms with van der Waals surface area (Å²) in [6.07, 6.45) is 0.683. The Hall–Kier alpha value is -3.26. The fourth-order valence-corrected chi connectivity index (χ4v) is 7.21. The topological polar surface area (TPSA) is 246 Å². The van der Waals surface area contributed by atoms with Crippen molar-refractivity contribution in [2.24, 2.45) is 5.92 Å². The number of hydrogen-bond donors (Lipinski definition) is 3. The van der Waals surface area contributed by atoms with E-state index in [4.69, 9.17) is 33.2 Å². The molecule has 366 valence electrons. The number of carbonyl (C=O) groups is 6. The zero-order valence-corrected chi connectivity index (χ0v) is 39.6. The van der Waals surface area contributed by atoms with Crippen LogP contribution in [0.1, 0.15) is 160 Å². The SMILES string of the molecule is CC1OC(=O)C(C)OC1=O.CCCC1OC(C)CC(CC(O)CC(C)OC(C)=O)O1.CCCC1OC(C)CC(CC(O)CC(CC(C)OC(C)=O)OC(=O)C(C)CC(=O)C(C)O)O1. The average molecular weight is 907 g/mol. The van der Waals surface area contributed by atoms with Gasteiger partial charge in [-0.25, -0.2) is 9.59 Å². The van der Waals surface area contributed by atoms with Crippen LogP contribution in [0, 0.1) is 5.92 Å². The van der Waals surface area contributed by atoms with Gasteiger partial charge in [0.1, 0.15) is 24.4 Å². The molecule has 3 heterocycles. The van der Waals surface area contributed by atoms with Crippen LogP contribution in [0.4, 0.5) is 0 Å². The Balaban J connectivity index is 0.000000552. The number of Topliss-reactive ketones (excluding diaryl/α,β-unsaturated/α-hetero) is 1. The second-order valence-corrected chi connectivity index (χ2v) is 17.1. The Morgan fingerprint density at radius 3 is 1.44 bits per heavy atom. The molecule has 0 aliphatic carbocycles. The molecule has 0 aromatic heterocycles. The molecule has 3 aliphatic heterocycles. The van der Waals surface area contributed by atoms with Crippen LogP contribution in [-0.4, -0.2) is 137 Å². The first-order chi connectivity index (χ1) is 29.4. The number of ketones is 1. The highest BCUT2D eigenvalue weighted by Crippen LogP contribution is 2.27. The molecule has 0 bridgehead atoms. The number of carbonyl (C=O) groups excluding carboxylic acids is 6. The fourth-order valence-electron chi connectivity index (χ4n) is 7.21. The van der Waals surface area contributed by atoms with Crippen LogP contribution in [0.15, 0.2) is 0 Å². The molecule has 0 amide bonds. The molecule has 0 radical (unpaired) electrons. The normalized spacial score (nSPS) is 28.0. The van der Waals surface area contributed by atoms with Gasteiger partial charge >= 0.3 is 29.8 Å². The van der Waals surface area contributed by atoms with Gasteiger partial charge in [-0.1, -0.05) is 33.6 Å². The molecule has 18 heteroatoms. The summed E-state index contributed by atoms with van der Waals surface area (Å²) in [6.45, 7) is 20.2. The van der Waals surface area contributed by atoms with Crippen LogP contribution in [0.2, 0.25) is 0 Å². The van der Waals surface area contributed by atoms with E-state index in [-0.39, 0.29) is 68.3 Å². The Morgan fingerprint density at radius 2 is 1.05 bits per heavy atom. The molecule has 3 N–H and O–H groups in total. The molecule has 18 nitrogen and oxygen atoms in total. The van der Waals surface area contributed by atoms with E-state index in [1.54, 1.807) is 20.8 Å². The number of ether oxygens (including phenoxy) is 9. The largest absolute Gasteiger partial charge is 0.463 e. The van der Waals surface area contributed by atoms with E-state index in [9.17, 15) is 44.1 Å². The maximum Gasteiger partial charge on any atom is 0.347 e. The van der Waals surface area contributed by atoms with Crippen molar-refractivity contribution >= 4 is 35.6 Å². The predicted octanol–water partition coefficient (Wildman–Crippen LogP) is 4.94. The molecule has 3 fully saturated rings. The van der Waals surface area contributed by atoms with Crippen LogP contribution >= 0.6 is 0 Å². The molecule has 0 spiro atoms. The molecular weight excluding hydrogens is 828 g/mol. The van der Waals surface area contributed by atoms with E-state index in [1.165, 1.54) is 34.6 Å². The second kappa shape index (κ2) is 30.0. The van der Waals surface area contributed by atoms with Crippen LogP contribution in [0.5, 0.6) is 0 Å². The van der Waals surface area contributed by atoms with E-state index in [0.717, 1.165) is 32.1 Å². The molecule has 3 aliphatic rings.